The third kappa shape index (κ3) is 3.73. The van der Waals surface area contributed by atoms with Crippen molar-refractivity contribution in [2.45, 2.75) is 12.6 Å². The number of nitrogens with zero attached hydrogens (tertiary/aromatic N) is 2. The lowest BCUT2D eigenvalue weighted by Crippen LogP contribution is -2.34. The van der Waals surface area contributed by atoms with Crippen LogP contribution >= 0.6 is 0 Å². The molecule has 6 nitrogen and oxygen atoms in total. The third-order valence-corrected chi connectivity index (χ3v) is 3.29. The van der Waals surface area contributed by atoms with Crippen LogP contribution in [0.1, 0.15) is 17.3 Å². The largest absolute Gasteiger partial charge is 0.508 e. The quantitative estimate of drug-likeness (QED) is 0.771. The van der Waals surface area contributed by atoms with E-state index in [0.29, 0.717) is 12.1 Å². The van der Waals surface area contributed by atoms with Gasteiger partial charge in [0.25, 0.3) is 0 Å². The number of benzene rings is 1. The van der Waals surface area contributed by atoms with Gasteiger partial charge in [0, 0.05) is 20.3 Å². The molecule has 0 bridgehead atoms. The maximum Gasteiger partial charge on any atom is 0.241 e. The van der Waals surface area contributed by atoms with Gasteiger partial charge in [0.15, 0.2) is 0 Å². The Kier molecular flexibility index (Phi) is 4.95. The van der Waals surface area contributed by atoms with Gasteiger partial charge in [-0.15, -0.1) is 0 Å². The van der Waals surface area contributed by atoms with Crippen LogP contribution in [0.4, 0.5) is 5.69 Å². The monoisotopic (exact) mass is 300 g/mol. The molecule has 0 aliphatic carbocycles. The molecule has 0 aliphatic heterocycles. The predicted molar refractivity (Wildman–Crippen MR) is 85.4 cm³/mol. The fourth-order valence-electron chi connectivity index (χ4n) is 2.12. The Morgan fingerprint density at radius 2 is 2.14 bits per heavy atom. The zero-order chi connectivity index (χ0) is 16.1. The highest BCUT2D eigenvalue weighted by Gasteiger charge is 2.16. The van der Waals surface area contributed by atoms with Gasteiger partial charge in [-0.25, -0.2) is 0 Å². The Bertz CT molecular complexity index is 658. The van der Waals surface area contributed by atoms with Crippen molar-refractivity contribution in [1.82, 2.24) is 10.3 Å². The number of hydrogen-bond donors (Lipinski definition) is 3. The SMILES string of the molecule is CN(C)c1cccnc1CNC(=O)C(N)c1cccc(O)c1. The summed E-state index contributed by atoms with van der Waals surface area (Å²) < 4.78 is 0. The number of aromatic hydroxyl groups is 1. The Hall–Kier alpha value is -2.60. The van der Waals surface area contributed by atoms with Gasteiger partial charge in [-0.3, -0.25) is 9.78 Å². The maximum absolute atomic E-state index is 12.2. The molecule has 22 heavy (non-hydrogen) atoms. The van der Waals surface area contributed by atoms with E-state index >= 15 is 0 Å². The minimum absolute atomic E-state index is 0.0837. The number of nitrogens with one attached hydrogen (secondary N) is 1. The van der Waals surface area contributed by atoms with E-state index < -0.39 is 6.04 Å². The van der Waals surface area contributed by atoms with Crippen LogP contribution in [0.5, 0.6) is 5.75 Å². The van der Waals surface area contributed by atoms with Crippen molar-refractivity contribution in [2.24, 2.45) is 5.73 Å². The van der Waals surface area contributed by atoms with E-state index in [9.17, 15) is 9.90 Å². The average molecular weight is 300 g/mol. The molecule has 0 aliphatic rings. The summed E-state index contributed by atoms with van der Waals surface area (Å²) in [6.07, 6.45) is 1.68. The summed E-state index contributed by atoms with van der Waals surface area (Å²) in [4.78, 5) is 18.4. The number of phenolic OH excluding ortho intramolecular Hbond substituents is 1. The standard InChI is InChI=1S/C16H20N4O2/c1-20(2)14-7-4-8-18-13(14)10-19-16(22)15(17)11-5-3-6-12(21)9-11/h3-9,15,21H,10,17H2,1-2H3,(H,19,22). The number of anilines is 1. The molecular weight excluding hydrogens is 280 g/mol. The minimum atomic E-state index is -0.835. The van der Waals surface area contributed by atoms with E-state index in [-0.39, 0.29) is 11.7 Å². The first-order chi connectivity index (χ1) is 10.5. The number of carbonyl (C=O) groups excluding carboxylic acids is 1. The molecule has 1 aromatic carbocycles. The molecule has 0 fully saturated rings. The topological polar surface area (TPSA) is 91.5 Å². The van der Waals surface area contributed by atoms with Crippen molar-refractivity contribution in [3.63, 3.8) is 0 Å². The van der Waals surface area contributed by atoms with Gasteiger partial charge in [-0.1, -0.05) is 12.1 Å². The van der Waals surface area contributed by atoms with Gasteiger partial charge in [-0.2, -0.15) is 0 Å². The number of hydrogen-bond acceptors (Lipinski definition) is 5. The maximum atomic E-state index is 12.2. The van der Waals surface area contributed by atoms with Gasteiger partial charge in [0.1, 0.15) is 11.8 Å². The van der Waals surface area contributed by atoms with Crippen molar-refractivity contribution in [3.8, 4) is 5.75 Å². The highest BCUT2D eigenvalue weighted by Crippen LogP contribution is 2.18. The molecule has 4 N–H and O–H groups in total. The lowest BCUT2D eigenvalue weighted by molar-refractivity contribution is -0.122. The first kappa shape index (κ1) is 15.8. The van der Waals surface area contributed by atoms with E-state index in [2.05, 4.69) is 10.3 Å². The Morgan fingerprint density at radius 1 is 1.36 bits per heavy atom. The smallest absolute Gasteiger partial charge is 0.241 e. The van der Waals surface area contributed by atoms with Crippen molar-refractivity contribution >= 4 is 11.6 Å². The molecule has 0 spiro atoms. The number of phenols is 1. The van der Waals surface area contributed by atoms with Crippen molar-refractivity contribution in [2.75, 3.05) is 19.0 Å². The summed E-state index contributed by atoms with van der Waals surface area (Å²) in [5.74, 6) is -0.235. The van der Waals surface area contributed by atoms with Gasteiger partial charge < -0.3 is 21.1 Å². The fraction of sp³-hybridized carbons (Fsp3) is 0.250. The number of pyridine rings is 1. The average Bonchev–Trinajstić information content (AvgIpc) is 2.52. The lowest BCUT2D eigenvalue weighted by atomic mass is 10.1. The van der Waals surface area contributed by atoms with Crippen LogP contribution in [-0.2, 0) is 11.3 Å². The molecule has 0 saturated carbocycles. The van der Waals surface area contributed by atoms with E-state index in [0.717, 1.165) is 11.4 Å². The van der Waals surface area contributed by atoms with Crippen molar-refractivity contribution in [1.29, 1.82) is 0 Å². The third-order valence-electron chi connectivity index (χ3n) is 3.29. The highest BCUT2D eigenvalue weighted by atomic mass is 16.3. The van der Waals surface area contributed by atoms with E-state index in [4.69, 9.17) is 5.73 Å². The Labute approximate surface area is 129 Å². The summed E-state index contributed by atoms with van der Waals surface area (Å²) in [5.41, 5.74) is 8.18. The van der Waals surface area contributed by atoms with Crippen molar-refractivity contribution < 1.29 is 9.90 Å². The van der Waals surface area contributed by atoms with Gasteiger partial charge in [0.2, 0.25) is 5.91 Å². The van der Waals surface area contributed by atoms with E-state index in [1.54, 1.807) is 18.3 Å². The van der Waals surface area contributed by atoms with Gasteiger partial charge in [0.05, 0.1) is 17.9 Å². The molecule has 6 heteroatoms. The van der Waals surface area contributed by atoms with Crippen molar-refractivity contribution in [3.05, 3.63) is 53.9 Å². The minimum Gasteiger partial charge on any atom is -0.508 e. The first-order valence-corrected chi connectivity index (χ1v) is 6.92. The van der Waals surface area contributed by atoms with Crippen LogP contribution in [-0.4, -0.2) is 30.1 Å². The molecule has 1 aromatic heterocycles. The number of amides is 1. The predicted octanol–water partition coefficient (Wildman–Crippen LogP) is 1.17. The number of aromatic nitrogens is 1. The molecule has 2 aromatic rings. The van der Waals surface area contributed by atoms with Crippen LogP contribution < -0.4 is 16.0 Å². The molecule has 0 radical (unpaired) electrons. The number of nitrogens with two attached hydrogens (primary N) is 1. The molecule has 1 amide bonds. The molecule has 116 valence electrons. The molecular formula is C16H20N4O2. The molecule has 1 unspecified atom stereocenters. The van der Waals surface area contributed by atoms with Crippen LogP contribution in [0.3, 0.4) is 0 Å². The Balaban J connectivity index is 2.04. The van der Waals surface area contributed by atoms with Crippen LogP contribution in [0, 0.1) is 0 Å². The van der Waals surface area contributed by atoms with E-state index in [1.165, 1.54) is 12.1 Å². The molecule has 0 saturated heterocycles. The zero-order valence-electron chi connectivity index (χ0n) is 12.7. The number of carbonyl (C=O) groups is 1. The summed E-state index contributed by atoms with van der Waals surface area (Å²) >= 11 is 0. The summed E-state index contributed by atoms with van der Waals surface area (Å²) in [5, 5.41) is 12.2. The summed E-state index contributed by atoms with van der Waals surface area (Å²) in [6, 6.07) is 9.32. The normalized spacial score (nSPS) is 11.8. The summed E-state index contributed by atoms with van der Waals surface area (Å²) in [7, 11) is 3.83. The van der Waals surface area contributed by atoms with Crippen LogP contribution in [0.2, 0.25) is 0 Å². The number of rotatable bonds is 5. The van der Waals surface area contributed by atoms with Gasteiger partial charge >= 0.3 is 0 Å². The fourth-order valence-corrected chi connectivity index (χ4v) is 2.12. The second-order valence-electron chi connectivity index (χ2n) is 5.15. The van der Waals surface area contributed by atoms with E-state index in [1.807, 2.05) is 31.1 Å². The van der Waals surface area contributed by atoms with Crippen LogP contribution in [0.15, 0.2) is 42.6 Å². The Morgan fingerprint density at radius 3 is 2.82 bits per heavy atom. The second-order valence-corrected chi connectivity index (χ2v) is 5.15. The van der Waals surface area contributed by atoms with Crippen LogP contribution in [0.25, 0.3) is 0 Å². The lowest BCUT2D eigenvalue weighted by Gasteiger charge is -2.17. The highest BCUT2D eigenvalue weighted by molar-refractivity contribution is 5.83. The zero-order valence-corrected chi connectivity index (χ0v) is 12.7. The second kappa shape index (κ2) is 6.91. The van der Waals surface area contributed by atoms with Gasteiger partial charge in [-0.05, 0) is 29.8 Å². The molecule has 2 rings (SSSR count). The molecule has 1 atom stereocenters. The first-order valence-electron chi connectivity index (χ1n) is 6.92. The molecule has 1 heterocycles. The summed E-state index contributed by atoms with van der Waals surface area (Å²) in [6.45, 7) is 0.291.